The van der Waals surface area contributed by atoms with Crippen LogP contribution in [0.5, 0.6) is 5.75 Å². The normalized spacial score (nSPS) is 16.4. The zero-order chi connectivity index (χ0) is 18.5. The van der Waals surface area contributed by atoms with E-state index in [0.717, 1.165) is 19.4 Å². The molecule has 0 aliphatic carbocycles. The molecule has 0 spiro atoms. The third-order valence-electron chi connectivity index (χ3n) is 4.20. The van der Waals surface area contributed by atoms with Gasteiger partial charge in [0, 0.05) is 6.61 Å². The summed E-state index contributed by atoms with van der Waals surface area (Å²) in [6, 6.07) is 8.39. The van der Waals surface area contributed by atoms with Crippen molar-refractivity contribution in [3.63, 3.8) is 0 Å². The number of carbonyl (C=O) groups is 2. The molecule has 2 aromatic rings. The van der Waals surface area contributed by atoms with Crippen LogP contribution in [-0.2, 0) is 11.3 Å². The van der Waals surface area contributed by atoms with Crippen LogP contribution in [0.1, 0.15) is 45.1 Å². The molecule has 0 saturated carbocycles. The van der Waals surface area contributed by atoms with Crippen molar-refractivity contribution in [1.29, 1.82) is 0 Å². The molecule has 26 heavy (non-hydrogen) atoms. The first-order valence-corrected chi connectivity index (χ1v) is 8.49. The predicted octanol–water partition coefficient (Wildman–Crippen LogP) is 2.77. The van der Waals surface area contributed by atoms with E-state index in [1.165, 1.54) is 6.07 Å². The number of carboxylic acids is 1. The van der Waals surface area contributed by atoms with E-state index in [1.54, 1.807) is 31.2 Å². The Morgan fingerprint density at radius 3 is 2.81 bits per heavy atom. The number of hydrogen-bond donors (Lipinski definition) is 2. The Morgan fingerprint density at radius 1 is 1.31 bits per heavy atom. The quantitative estimate of drug-likeness (QED) is 0.789. The lowest BCUT2D eigenvalue weighted by molar-refractivity contribution is 0.0670. The van der Waals surface area contributed by atoms with Crippen LogP contribution >= 0.6 is 0 Å². The van der Waals surface area contributed by atoms with Crippen molar-refractivity contribution < 1.29 is 28.6 Å². The first kappa shape index (κ1) is 18.0. The van der Waals surface area contributed by atoms with Gasteiger partial charge in [0.1, 0.15) is 29.4 Å². The highest BCUT2D eigenvalue weighted by Crippen LogP contribution is 2.21. The zero-order valence-corrected chi connectivity index (χ0v) is 14.5. The SMILES string of the molecule is Cc1oc(CNC(=O)c2ccccc2OC[C@@H]2CCCO2)cc1C(=O)O. The van der Waals surface area contributed by atoms with E-state index in [-0.39, 0.29) is 24.1 Å². The highest BCUT2D eigenvalue weighted by atomic mass is 16.5. The van der Waals surface area contributed by atoms with Crippen molar-refractivity contribution in [2.24, 2.45) is 0 Å². The molecule has 1 saturated heterocycles. The number of para-hydroxylation sites is 1. The lowest BCUT2D eigenvalue weighted by Crippen LogP contribution is -2.24. The second-order valence-electron chi connectivity index (χ2n) is 6.11. The highest BCUT2D eigenvalue weighted by Gasteiger charge is 2.19. The topological polar surface area (TPSA) is 98.0 Å². The minimum Gasteiger partial charge on any atom is -0.490 e. The Balaban J connectivity index is 1.62. The van der Waals surface area contributed by atoms with Crippen LogP contribution in [0.25, 0.3) is 0 Å². The van der Waals surface area contributed by atoms with E-state index in [2.05, 4.69) is 5.32 Å². The van der Waals surface area contributed by atoms with Gasteiger partial charge in [-0.3, -0.25) is 4.79 Å². The maximum atomic E-state index is 12.5. The van der Waals surface area contributed by atoms with Gasteiger partial charge in [0.2, 0.25) is 0 Å². The molecule has 1 aliphatic heterocycles. The number of aromatic carboxylic acids is 1. The molecule has 1 fully saturated rings. The predicted molar refractivity (Wildman–Crippen MR) is 92.5 cm³/mol. The van der Waals surface area contributed by atoms with Crippen LogP contribution in [0.4, 0.5) is 0 Å². The number of carboxylic acid groups (broad SMARTS) is 1. The van der Waals surface area contributed by atoms with Gasteiger partial charge in [-0.05, 0) is 38.0 Å². The Hall–Kier alpha value is -2.80. The summed E-state index contributed by atoms with van der Waals surface area (Å²) >= 11 is 0. The molecule has 0 radical (unpaired) electrons. The van der Waals surface area contributed by atoms with Crippen molar-refractivity contribution in [1.82, 2.24) is 5.32 Å². The summed E-state index contributed by atoms with van der Waals surface area (Å²) in [5.74, 6) is -0.203. The molecule has 1 amide bonds. The van der Waals surface area contributed by atoms with Crippen LogP contribution in [0.3, 0.4) is 0 Å². The second-order valence-corrected chi connectivity index (χ2v) is 6.11. The largest absolute Gasteiger partial charge is 0.490 e. The Bertz CT molecular complexity index is 791. The lowest BCUT2D eigenvalue weighted by atomic mass is 10.2. The zero-order valence-electron chi connectivity index (χ0n) is 14.5. The molecule has 1 atom stereocenters. The van der Waals surface area contributed by atoms with Gasteiger partial charge in [-0.2, -0.15) is 0 Å². The number of furan rings is 1. The maximum Gasteiger partial charge on any atom is 0.339 e. The van der Waals surface area contributed by atoms with Crippen molar-refractivity contribution in [2.75, 3.05) is 13.2 Å². The molecule has 0 unspecified atom stereocenters. The number of aryl methyl sites for hydroxylation is 1. The summed E-state index contributed by atoms with van der Waals surface area (Å²) in [6.45, 7) is 2.82. The fourth-order valence-electron chi connectivity index (χ4n) is 2.84. The molecule has 7 heteroatoms. The average Bonchev–Trinajstić information content (AvgIpc) is 3.27. The molecule has 1 aliphatic rings. The maximum absolute atomic E-state index is 12.5. The van der Waals surface area contributed by atoms with Gasteiger partial charge in [0.15, 0.2) is 0 Å². The van der Waals surface area contributed by atoms with Gasteiger partial charge in [0.05, 0.1) is 18.2 Å². The smallest absolute Gasteiger partial charge is 0.339 e. The van der Waals surface area contributed by atoms with E-state index in [1.807, 2.05) is 0 Å². The Labute approximate surface area is 150 Å². The number of carbonyl (C=O) groups excluding carboxylic acids is 1. The minimum absolute atomic E-state index is 0.0617. The van der Waals surface area contributed by atoms with Gasteiger partial charge >= 0.3 is 5.97 Å². The molecule has 0 bridgehead atoms. The molecular formula is C19H21NO6. The molecule has 2 heterocycles. The first-order valence-electron chi connectivity index (χ1n) is 8.49. The summed E-state index contributed by atoms with van der Waals surface area (Å²) in [5.41, 5.74) is 0.502. The van der Waals surface area contributed by atoms with E-state index in [4.69, 9.17) is 19.0 Å². The van der Waals surface area contributed by atoms with E-state index >= 15 is 0 Å². The second kappa shape index (κ2) is 8.05. The fraction of sp³-hybridized carbons (Fsp3) is 0.368. The number of rotatable bonds is 7. The number of amides is 1. The summed E-state index contributed by atoms with van der Waals surface area (Å²) in [6.07, 6.45) is 2.04. The molecule has 138 valence electrons. The van der Waals surface area contributed by atoms with Gasteiger partial charge < -0.3 is 24.3 Å². The Morgan fingerprint density at radius 2 is 2.12 bits per heavy atom. The van der Waals surface area contributed by atoms with Crippen LogP contribution < -0.4 is 10.1 Å². The lowest BCUT2D eigenvalue weighted by Gasteiger charge is -2.14. The first-order chi connectivity index (χ1) is 12.5. The van der Waals surface area contributed by atoms with Gasteiger partial charge in [-0.1, -0.05) is 12.1 Å². The number of hydrogen-bond acceptors (Lipinski definition) is 5. The number of ether oxygens (including phenoxy) is 2. The molecular weight excluding hydrogens is 338 g/mol. The molecule has 7 nitrogen and oxygen atoms in total. The van der Waals surface area contributed by atoms with Crippen molar-refractivity contribution in [3.8, 4) is 5.75 Å². The van der Waals surface area contributed by atoms with Crippen molar-refractivity contribution in [2.45, 2.75) is 32.4 Å². The monoisotopic (exact) mass is 359 g/mol. The highest BCUT2D eigenvalue weighted by molar-refractivity contribution is 5.96. The fourth-order valence-corrected chi connectivity index (χ4v) is 2.84. The summed E-state index contributed by atoms with van der Waals surface area (Å²) in [5, 5.41) is 11.8. The van der Waals surface area contributed by atoms with Gasteiger partial charge in [-0.25, -0.2) is 4.79 Å². The van der Waals surface area contributed by atoms with Crippen molar-refractivity contribution in [3.05, 3.63) is 53.0 Å². The molecule has 3 rings (SSSR count). The minimum atomic E-state index is -1.06. The van der Waals surface area contributed by atoms with Crippen LogP contribution in [-0.4, -0.2) is 36.3 Å². The molecule has 2 N–H and O–H groups in total. The summed E-state index contributed by atoms with van der Waals surface area (Å²) in [4.78, 5) is 23.5. The third-order valence-corrected chi connectivity index (χ3v) is 4.20. The summed E-state index contributed by atoms with van der Waals surface area (Å²) in [7, 11) is 0. The average molecular weight is 359 g/mol. The van der Waals surface area contributed by atoms with E-state index in [9.17, 15) is 9.59 Å². The number of benzene rings is 1. The van der Waals surface area contributed by atoms with Crippen LogP contribution in [0.15, 0.2) is 34.7 Å². The molecule has 1 aromatic carbocycles. The summed E-state index contributed by atoms with van der Waals surface area (Å²) < 4.78 is 16.7. The standard InChI is InChI=1S/C19H21NO6/c1-12-16(19(22)23)9-14(26-12)10-20-18(21)15-6-2-3-7-17(15)25-11-13-5-4-8-24-13/h2-3,6-7,9,13H,4-5,8,10-11H2,1H3,(H,20,21)(H,22,23)/t13-/m0/s1. The van der Waals surface area contributed by atoms with Crippen LogP contribution in [0, 0.1) is 6.92 Å². The van der Waals surface area contributed by atoms with Crippen LogP contribution in [0.2, 0.25) is 0 Å². The molecule has 1 aromatic heterocycles. The van der Waals surface area contributed by atoms with Gasteiger partial charge in [0.25, 0.3) is 5.91 Å². The van der Waals surface area contributed by atoms with E-state index in [0.29, 0.717) is 29.4 Å². The van der Waals surface area contributed by atoms with E-state index < -0.39 is 5.97 Å². The number of nitrogens with one attached hydrogen (secondary N) is 1. The third kappa shape index (κ3) is 4.23. The Kier molecular flexibility index (Phi) is 5.58. The van der Waals surface area contributed by atoms with Crippen molar-refractivity contribution >= 4 is 11.9 Å². The van der Waals surface area contributed by atoms with Gasteiger partial charge in [-0.15, -0.1) is 0 Å².